The van der Waals surface area contributed by atoms with Crippen molar-refractivity contribution in [1.82, 2.24) is 0 Å². The van der Waals surface area contributed by atoms with Gasteiger partial charge in [0, 0.05) is 22.8 Å². The van der Waals surface area contributed by atoms with Gasteiger partial charge in [0.15, 0.2) is 5.75 Å². The van der Waals surface area contributed by atoms with Crippen molar-refractivity contribution in [1.29, 1.82) is 0 Å². The van der Waals surface area contributed by atoms with Gasteiger partial charge in [0.1, 0.15) is 10.5 Å². The van der Waals surface area contributed by atoms with E-state index in [1.165, 1.54) is 31.4 Å². The van der Waals surface area contributed by atoms with E-state index in [4.69, 9.17) is 8.92 Å². The zero-order valence-corrected chi connectivity index (χ0v) is 18.8. The molecule has 0 saturated heterocycles. The van der Waals surface area contributed by atoms with Crippen LogP contribution in [0.15, 0.2) is 95.9 Å². The second-order valence-electron chi connectivity index (χ2n) is 7.16. The summed E-state index contributed by atoms with van der Waals surface area (Å²) < 4.78 is 36.5. The van der Waals surface area contributed by atoms with Gasteiger partial charge in [-0.3, -0.25) is 0 Å². The second-order valence-corrected chi connectivity index (χ2v) is 8.68. The van der Waals surface area contributed by atoms with E-state index in [9.17, 15) is 18.0 Å². The van der Waals surface area contributed by atoms with Crippen LogP contribution in [0.3, 0.4) is 0 Å². The summed E-state index contributed by atoms with van der Waals surface area (Å²) in [7, 11) is -3.16. The molecule has 0 aliphatic heterocycles. The fourth-order valence-corrected chi connectivity index (χ4v) is 4.50. The Bertz CT molecular complexity index is 1460. The molecule has 0 bridgehead atoms. The molecule has 4 aromatic rings. The number of methoxy groups -OCH3 is 1. The zero-order valence-electron chi connectivity index (χ0n) is 18.0. The van der Waals surface area contributed by atoms with E-state index in [1.54, 1.807) is 60.7 Å². The predicted molar refractivity (Wildman–Crippen MR) is 129 cm³/mol. The number of esters is 1. The highest BCUT2D eigenvalue weighted by molar-refractivity contribution is 7.87. The van der Waals surface area contributed by atoms with Crippen molar-refractivity contribution in [2.75, 3.05) is 17.7 Å². The Morgan fingerprint density at radius 3 is 2.21 bits per heavy atom. The summed E-state index contributed by atoms with van der Waals surface area (Å²) >= 11 is 0. The number of rotatable bonds is 6. The number of hydrogen-bond acceptors (Lipinski definition) is 6. The molecule has 0 radical (unpaired) electrons. The Labute approximate surface area is 196 Å². The van der Waals surface area contributed by atoms with Crippen LogP contribution in [0.4, 0.5) is 16.2 Å². The Balaban J connectivity index is 1.66. The fourth-order valence-electron chi connectivity index (χ4n) is 3.34. The van der Waals surface area contributed by atoms with E-state index >= 15 is 0 Å². The maximum Gasteiger partial charge on any atom is 0.341 e. The molecular weight excluding hydrogens is 456 g/mol. The lowest BCUT2D eigenvalue weighted by Gasteiger charge is -2.14. The highest BCUT2D eigenvalue weighted by Gasteiger charge is 2.24. The largest absolute Gasteiger partial charge is 0.465 e. The van der Waals surface area contributed by atoms with E-state index in [2.05, 4.69) is 10.6 Å². The molecule has 2 amide bonds. The monoisotopic (exact) mass is 476 g/mol. The number of urea groups is 1. The third-order valence-electron chi connectivity index (χ3n) is 4.89. The van der Waals surface area contributed by atoms with Gasteiger partial charge in [0.25, 0.3) is 0 Å². The molecule has 172 valence electrons. The number of para-hydroxylation sites is 1. The minimum Gasteiger partial charge on any atom is -0.465 e. The first kappa shape index (κ1) is 22.8. The van der Waals surface area contributed by atoms with Gasteiger partial charge in [-0.2, -0.15) is 8.42 Å². The topological polar surface area (TPSA) is 111 Å². The van der Waals surface area contributed by atoms with Crippen LogP contribution in [0.5, 0.6) is 5.75 Å². The number of ether oxygens (including phenoxy) is 1. The molecule has 0 heterocycles. The van der Waals surface area contributed by atoms with Gasteiger partial charge in [0.2, 0.25) is 0 Å². The molecule has 0 saturated carbocycles. The van der Waals surface area contributed by atoms with Crippen molar-refractivity contribution in [3.8, 4) is 5.75 Å². The van der Waals surface area contributed by atoms with Crippen LogP contribution < -0.4 is 14.8 Å². The molecule has 0 aliphatic rings. The minimum atomic E-state index is -4.33. The average Bonchev–Trinajstić information content (AvgIpc) is 2.83. The van der Waals surface area contributed by atoms with Crippen molar-refractivity contribution in [3.63, 3.8) is 0 Å². The molecule has 4 aromatic carbocycles. The van der Waals surface area contributed by atoms with Gasteiger partial charge < -0.3 is 19.6 Å². The normalized spacial score (nSPS) is 11.0. The lowest BCUT2D eigenvalue weighted by molar-refractivity contribution is 0.0599. The van der Waals surface area contributed by atoms with Crippen LogP contribution in [0.25, 0.3) is 10.8 Å². The first-order valence-corrected chi connectivity index (χ1v) is 11.6. The molecule has 0 aliphatic carbocycles. The highest BCUT2D eigenvalue weighted by atomic mass is 32.2. The number of fused-ring (bicyclic) bond motifs is 1. The van der Waals surface area contributed by atoms with E-state index in [0.29, 0.717) is 16.5 Å². The molecule has 9 heteroatoms. The fraction of sp³-hybridized carbons (Fsp3) is 0.0400. The number of carbonyl (C=O) groups is 2. The van der Waals surface area contributed by atoms with Gasteiger partial charge in [-0.15, -0.1) is 0 Å². The number of benzene rings is 4. The van der Waals surface area contributed by atoms with Crippen LogP contribution in [0, 0.1) is 0 Å². The van der Waals surface area contributed by atoms with Gasteiger partial charge in [-0.25, -0.2) is 9.59 Å². The smallest absolute Gasteiger partial charge is 0.341 e. The van der Waals surface area contributed by atoms with Crippen LogP contribution in [-0.4, -0.2) is 27.5 Å². The van der Waals surface area contributed by atoms with Crippen molar-refractivity contribution in [3.05, 3.63) is 96.6 Å². The summed E-state index contributed by atoms with van der Waals surface area (Å²) in [5, 5.41) is 6.43. The van der Waals surface area contributed by atoms with E-state index < -0.39 is 22.1 Å². The Morgan fingerprint density at radius 2 is 1.44 bits per heavy atom. The number of anilines is 2. The number of nitrogens with one attached hydrogen (secondary N) is 2. The molecule has 8 nitrogen and oxygen atoms in total. The number of hydrogen-bond donors (Lipinski definition) is 2. The molecule has 34 heavy (non-hydrogen) atoms. The van der Waals surface area contributed by atoms with Gasteiger partial charge in [-0.05, 0) is 35.7 Å². The van der Waals surface area contributed by atoms with Gasteiger partial charge in [0.05, 0.1) is 7.11 Å². The van der Waals surface area contributed by atoms with Crippen molar-refractivity contribution < 1.29 is 26.9 Å². The quantitative estimate of drug-likeness (QED) is 0.298. The van der Waals surface area contributed by atoms with Gasteiger partial charge >= 0.3 is 22.1 Å². The maximum atomic E-state index is 13.2. The molecule has 4 rings (SSSR count). The van der Waals surface area contributed by atoms with Crippen LogP contribution in [-0.2, 0) is 14.9 Å². The van der Waals surface area contributed by atoms with E-state index in [-0.39, 0.29) is 21.9 Å². The average molecular weight is 477 g/mol. The predicted octanol–water partition coefficient (Wildman–Crippen LogP) is 5.04. The summed E-state index contributed by atoms with van der Waals surface area (Å²) in [6, 6.07) is 24.0. The third-order valence-corrected chi connectivity index (χ3v) is 6.19. The van der Waals surface area contributed by atoms with Crippen LogP contribution in [0.1, 0.15) is 10.4 Å². The lowest BCUT2D eigenvalue weighted by Crippen LogP contribution is -2.20. The summed E-state index contributed by atoms with van der Waals surface area (Å²) in [5.74, 6) is -1.07. The molecule has 0 atom stereocenters. The third kappa shape index (κ3) is 5.00. The number of carbonyl (C=O) groups excluding carboxylic acids is 2. The standard InChI is InChI=1S/C25H20N2O6S/c1-32-24(28)21-15-14-19(27-25(29)26-18-10-3-2-4-11-18)16-22(21)33-34(30,31)23-13-7-9-17-8-5-6-12-20(17)23/h2-16H,1H3,(H2,26,27,29). The Hall–Kier alpha value is -4.37. The molecule has 0 spiro atoms. The first-order chi connectivity index (χ1) is 16.4. The van der Waals surface area contributed by atoms with Crippen molar-refractivity contribution in [2.24, 2.45) is 0 Å². The minimum absolute atomic E-state index is 0.0541. The summed E-state index contributed by atoms with van der Waals surface area (Å²) in [5.41, 5.74) is 0.672. The van der Waals surface area contributed by atoms with Crippen molar-refractivity contribution in [2.45, 2.75) is 4.90 Å². The Kier molecular flexibility index (Phi) is 6.46. The second kappa shape index (κ2) is 9.63. The molecular formula is C25H20N2O6S. The van der Waals surface area contributed by atoms with Crippen LogP contribution >= 0.6 is 0 Å². The molecule has 0 unspecified atom stereocenters. The lowest BCUT2D eigenvalue weighted by atomic mass is 10.1. The molecule has 0 aromatic heterocycles. The highest BCUT2D eigenvalue weighted by Crippen LogP contribution is 2.30. The SMILES string of the molecule is COC(=O)c1ccc(NC(=O)Nc2ccccc2)cc1OS(=O)(=O)c1cccc2ccccc12. The molecule has 2 N–H and O–H groups in total. The van der Waals surface area contributed by atoms with Crippen LogP contribution in [0.2, 0.25) is 0 Å². The summed E-state index contributed by atoms with van der Waals surface area (Å²) in [6.07, 6.45) is 0. The summed E-state index contributed by atoms with van der Waals surface area (Å²) in [4.78, 5) is 24.5. The first-order valence-electron chi connectivity index (χ1n) is 10.1. The Morgan fingerprint density at radius 1 is 0.765 bits per heavy atom. The zero-order chi connectivity index (χ0) is 24.1. The maximum absolute atomic E-state index is 13.2. The van der Waals surface area contributed by atoms with Gasteiger partial charge in [-0.1, -0.05) is 54.6 Å². The van der Waals surface area contributed by atoms with E-state index in [1.807, 2.05) is 6.07 Å². The van der Waals surface area contributed by atoms with Crippen molar-refractivity contribution >= 4 is 44.3 Å². The number of amides is 2. The molecule has 0 fully saturated rings. The summed E-state index contributed by atoms with van der Waals surface area (Å²) in [6.45, 7) is 0. The van der Waals surface area contributed by atoms with E-state index in [0.717, 1.165) is 0 Å².